The first-order chi connectivity index (χ1) is 11.6. The molecule has 134 valence electrons. The number of nitrogens with zero attached hydrogens (tertiary/aromatic N) is 1. The molecule has 0 bridgehead atoms. The highest BCUT2D eigenvalue weighted by Crippen LogP contribution is 2.27. The van der Waals surface area contributed by atoms with E-state index in [2.05, 4.69) is 41.6 Å². The first-order valence-corrected chi connectivity index (χ1v) is 8.94. The van der Waals surface area contributed by atoms with Gasteiger partial charge in [0.05, 0.1) is 12.6 Å². The summed E-state index contributed by atoms with van der Waals surface area (Å²) < 4.78 is 11.7. The Balaban J connectivity index is 1.70. The molecule has 0 spiro atoms. The quantitative estimate of drug-likeness (QED) is 0.567. The highest BCUT2D eigenvalue weighted by Gasteiger charge is 2.22. The Morgan fingerprint density at radius 3 is 2.79 bits per heavy atom. The van der Waals surface area contributed by atoms with Crippen molar-refractivity contribution in [1.82, 2.24) is 10.6 Å². The van der Waals surface area contributed by atoms with E-state index in [-0.39, 0.29) is 12.2 Å². The predicted molar refractivity (Wildman–Crippen MR) is 98.8 cm³/mol. The number of benzene rings is 1. The van der Waals surface area contributed by atoms with Crippen molar-refractivity contribution in [3.05, 3.63) is 29.8 Å². The normalized spacial score (nSPS) is 18.2. The largest absolute Gasteiger partial charge is 0.488 e. The van der Waals surface area contributed by atoms with Crippen LogP contribution in [0.4, 0.5) is 0 Å². The average Bonchev–Trinajstić information content (AvgIpc) is 2.99. The minimum atomic E-state index is 0.160. The summed E-state index contributed by atoms with van der Waals surface area (Å²) in [5, 5.41) is 6.72. The summed E-state index contributed by atoms with van der Waals surface area (Å²) in [5.74, 6) is 2.34. The van der Waals surface area contributed by atoms with Gasteiger partial charge in [0.25, 0.3) is 0 Å². The lowest BCUT2D eigenvalue weighted by Gasteiger charge is -2.22. The fourth-order valence-corrected chi connectivity index (χ4v) is 2.95. The zero-order valence-electron chi connectivity index (χ0n) is 15.3. The van der Waals surface area contributed by atoms with Crippen LogP contribution in [0.3, 0.4) is 0 Å². The molecule has 0 saturated heterocycles. The van der Waals surface area contributed by atoms with Crippen LogP contribution in [0.1, 0.15) is 32.8 Å². The second kappa shape index (κ2) is 9.52. The van der Waals surface area contributed by atoms with Crippen molar-refractivity contribution < 1.29 is 9.47 Å². The van der Waals surface area contributed by atoms with Gasteiger partial charge in [-0.3, -0.25) is 4.99 Å². The van der Waals surface area contributed by atoms with Crippen molar-refractivity contribution in [2.75, 3.05) is 26.7 Å². The molecule has 2 atom stereocenters. The molecule has 5 nitrogen and oxygen atoms in total. The molecule has 0 saturated carbocycles. The summed E-state index contributed by atoms with van der Waals surface area (Å²) in [6.07, 6.45) is 2.36. The minimum Gasteiger partial charge on any atom is -0.488 e. The second-order valence-corrected chi connectivity index (χ2v) is 6.46. The lowest BCUT2D eigenvalue weighted by molar-refractivity contribution is 0.0258. The molecule has 0 fully saturated rings. The van der Waals surface area contributed by atoms with Crippen LogP contribution < -0.4 is 15.4 Å². The number of fused-ring (bicyclic) bond motifs is 1. The van der Waals surface area contributed by atoms with Crippen molar-refractivity contribution in [2.45, 2.75) is 45.8 Å². The van der Waals surface area contributed by atoms with Crippen LogP contribution in [0.15, 0.2) is 29.3 Å². The fraction of sp³-hybridized carbons (Fsp3) is 0.632. The Hall–Kier alpha value is -1.75. The molecule has 0 aliphatic carbocycles. The number of hydrogen-bond donors (Lipinski definition) is 2. The van der Waals surface area contributed by atoms with Gasteiger partial charge in [0.2, 0.25) is 0 Å². The predicted octanol–water partition coefficient (Wildman–Crippen LogP) is 2.61. The van der Waals surface area contributed by atoms with Crippen molar-refractivity contribution >= 4 is 5.96 Å². The summed E-state index contributed by atoms with van der Waals surface area (Å²) >= 11 is 0. The summed E-state index contributed by atoms with van der Waals surface area (Å²) in [4.78, 5) is 4.28. The highest BCUT2D eigenvalue weighted by molar-refractivity contribution is 5.79. The number of nitrogens with one attached hydrogen (secondary N) is 2. The Labute approximate surface area is 145 Å². The maximum Gasteiger partial charge on any atom is 0.191 e. The number of aliphatic imine (C=N–C) groups is 1. The van der Waals surface area contributed by atoms with Gasteiger partial charge >= 0.3 is 0 Å². The van der Waals surface area contributed by atoms with E-state index in [0.29, 0.717) is 5.92 Å². The van der Waals surface area contributed by atoms with Gasteiger partial charge in [-0.2, -0.15) is 0 Å². The van der Waals surface area contributed by atoms with Crippen molar-refractivity contribution in [1.29, 1.82) is 0 Å². The summed E-state index contributed by atoms with van der Waals surface area (Å²) in [6.45, 7) is 8.78. The third kappa shape index (κ3) is 5.41. The molecule has 1 aromatic carbocycles. The first kappa shape index (κ1) is 18.6. The molecular formula is C19H31N3O2. The summed E-state index contributed by atoms with van der Waals surface area (Å²) in [7, 11) is 1.79. The highest BCUT2D eigenvalue weighted by atomic mass is 16.5. The van der Waals surface area contributed by atoms with Gasteiger partial charge in [-0.05, 0) is 30.9 Å². The SMILES string of the molecule is CCOC(CCNC(=NC)NCC1Cc2ccccc2O1)C(C)C. The minimum absolute atomic E-state index is 0.160. The molecule has 1 aliphatic heterocycles. The molecule has 2 rings (SSSR count). The van der Waals surface area contributed by atoms with E-state index in [1.807, 2.05) is 19.1 Å². The number of rotatable bonds is 8. The first-order valence-electron chi connectivity index (χ1n) is 8.94. The molecule has 0 aromatic heterocycles. The molecule has 5 heteroatoms. The van der Waals surface area contributed by atoms with E-state index in [9.17, 15) is 0 Å². The molecule has 2 N–H and O–H groups in total. The maximum absolute atomic E-state index is 5.94. The van der Waals surface area contributed by atoms with Gasteiger partial charge in [-0.15, -0.1) is 0 Å². The van der Waals surface area contributed by atoms with E-state index in [4.69, 9.17) is 9.47 Å². The molecular weight excluding hydrogens is 302 g/mol. The topological polar surface area (TPSA) is 54.9 Å². The van der Waals surface area contributed by atoms with Crippen molar-refractivity contribution in [3.63, 3.8) is 0 Å². The van der Waals surface area contributed by atoms with Crippen LogP contribution in [-0.2, 0) is 11.2 Å². The smallest absolute Gasteiger partial charge is 0.191 e. The lowest BCUT2D eigenvalue weighted by Crippen LogP contribution is -2.43. The standard InChI is InChI=1S/C19H31N3O2/c1-5-23-17(14(2)3)10-11-21-19(20-4)22-13-16-12-15-8-6-7-9-18(15)24-16/h6-9,14,16-17H,5,10-13H2,1-4H3,(H2,20,21,22). The molecule has 2 unspecified atom stereocenters. The number of ether oxygens (including phenoxy) is 2. The molecule has 1 heterocycles. The van der Waals surface area contributed by atoms with E-state index in [1.165, 1.54) is 5.56 Å². The second-order valence-electron chi connectivity index (χ2n) is 6.46. The van der Waals surface area contributed by atoms with Crippen molar-refractivity contribution in [2.24, 2.45) is 10.9 Å². The summed E-state index contributed by atoms with van der Waals surface area (Å²) in [5.41, 5.74) is 1.28. The van der Waals surface area contributed by atoms with Crippen LogP contribution in [0, 0.1) is 5.92 Å². The van der Waals surface area contributed by atoms with Gasteiger partial charge in [-0.1, -0.05) is 32.0 Å². The summed E-state index contributed by atoms with van der Waals surface area (Å²) in [6, 6.07) is 8.23. The number of guanidine groups is 1. The number of para-hydroxylation sites is 1. The zero-order valence-corrected chi connectivity index (χ0v) is 15.3. The fourth-order valence-electron chi connectivity index (χ4n) is 2.95. The molecule has 0 radical (unpaired) electrons. The van der Waals surface area contributed by atoms with E-state index in [0.717, 1.165) is 44.2 Å². The van der Waals surface area contributed by atoms with Gasteiger partial charge in [0.1, 0.15) is 11.9 Å². The van der Waals surface area contributed by atoms with Crippen LogP contribution in [0.2, 0.25) is 0 Å². The van der Waals surface area contributed by atoms with Crippen molar-refractivity contribution in [3.8, 4) is 5.75 Å². The van der Waals surface area contributed by atoms with E-state index >= 15 is 0 Å². The Bertz CT molecular complexity index is 506. The molecule has 1 aliphatic rings. The number of hydrogen-bond acceptors (Lipinski definition) is 3. The van der Waals surface area contributed by atoms with Crippen LogP contribution in [0.5, 0.6) is 5.75 Å². The van der Waals surface area contributed by atoms with E-state index < -0.39 is 0 Å². The monoisotopic (exact) mass is 333 g/mol. The maximum atomic E-state index is 5.94. The lowest BCUT2D eigenvalue weighted by atomic mass is 10.0. The molecule has 1 aromatic rings. The molecule has 24 heavy (non-hydrogen) atoms. The van der Waals surface area contributed by atoms with Gasteiger partial charge < -0.3 is 20.1 Å². The van der Waals surface area contributed by atoms with Crippen LogP contribution in [-0.4, -0.2) is 44.9 Å². The van der Waals surface area contributed by atoms with Crippen LogP contribution >= 0.6 is 0 Å². The Morgan fingerprint density at radius 1 is 1.33 bits per heavy atom. The average molecular weight is 333 g/mol. The van der Waals surface area contributed by atoms with Gasteiger partial charge in [-0.25, -0.2) is 0 Å². The Kier molecular flexibility index (Phi) is 7.37. The third-order valence-corrected chi connectivity index (χ3v) is 4.28. The van der Waals surface area contributed by atoms with E-state index in [1.54, 1.807) is 7.05 Å². The molecule has 0 amide bonds. The Morgan fingerprint density at radius 2 is 2.12 bits per heavy atom. The van der Waals surface area contributed by atoms with Crippen LogP contribution in [0.25, 0.3) is 0 Å². The zero-order chi connectivity index (χ0) is 17.4. The van der Waals surface area contributed by atoms with Gasteiger partial charge in [0.15, 0.2) is 5.96 Å². The van der Waals surface area contributed by atoms with Gasteiger partial charge in [0, 0.05) is 26.6 Å². The third-order valence-electron chi connectivity index (χ3n) is 4.28.